The average molecular weight is 342 g/mol. The number of hydrogen-bond acceptors (Lipinski definition) is 4. The van der Waals surface area contributed by atoms with E-state index >= 15 is 0 Å². The summed E-state index contributed by atoms with van der Waals surface area (Å²) in [4.78, 5) is 36.8. The van der Waals surface area contributed by atoms with Crippen molar-refractivity contribution in [3.8, 4) is 0 Å². The van der Waals surface area contributed by atoms with Crippen LogP contribution in [0.5, 0.6) is 0 Å². The van der Waals surface area contributed by atoms with Crippen molar-refractivity contribution in [2.75, 3.05) is 6.54 Å². The van der Waals surface area contributed by atoms with Crippen LogP contribution in [0.1, 0.15) is 37.2 Å². The van der Waals surface area contributed by atoms with E-state index in [2.05, 4.69) is 15.7 Å². The van der Waals surface area contributed by atoms with Gasteiger partial charge in [-0.1, -0.05) is 32.0 Å². The second-order valence-corrected chi connectivity index (χ2v) is 6.80. The van der Waals surface area contributed by atoms with E-state index in [0.717, 1.165) is 12.8 Å². The zero-order chi connectivity index (χ0) is 18.0. The summed E-state index contributed by atoms with van der Waals surface area (Å²) in [5.74, 6) is -0.457. The van der Waals surface area contributed by atoms with Crippen LogP contribution < -0.4 is 16.2 Å². The third-order valence-electron chi connectivity index (χ3n) is 3.97. The van der Waals surface area contributed by atoms with E-state index < -0.39 is 5.91 Å². The summed E-state index contributed by atoms with van der Waals surface area (Å²) in [7, 11) is 0. The van der Waals surface area contributed by atoms with Gasteiger partial charge in [0.2, 0.25) is 5.91 Å². The molecule has 0 unspecified atom stereocenters. The van der Waals surface area contributed by atoms with Crippen molar-refractivity contribution in [3.05, 3.63) is 40.3 Å². The summed E-state index contributed by atoms with van der Waals surface area (Å²) in [5, 5.41) is 10.6. The molecule has 3 rings (SSSR count). The molecule has 1 aliphatic rings. The fourth-order valence-corrected chi connectivity index (χ4v) is 2.62. The number of rotatable bonds is 6. The van der Waals surface area contributed by atoms with Gasteiger partial charge in [-0.15, -0.1) is 0 Å². The summed E-state index contributed by atoms with van der Waals surface area (Å²) in [5.41, 5.74) is -0.0533. The lowest BCUT2D eigenvalue weighted by molar-refractivity contribution is -0.120. The quantitative estimate of drug-likeness (QED) is 0.821. The fraction of sp³-hybridized carbons (Fsp3) is 0.444. The van der Waals surface area contributed by atoms with Gasteiger partial charge < -0.3 is 10.6 Å². The minimum absolute atomic E-state index is 0.103. The molecule has 1 heterocycles. The number of amides is 2. The molecule has 0 aliphatic heterocycles. The number of hydrogen-bond donors (Lipinski definition) is 2. The topological polar surface area (TPSA) is 93.1 Å². The molecule has 0 saturated heterocycles. The van der Waals surface area contributed by atoms with E-state index in [1.165, 1.54) is 4.68 Å². The fourth-order valence-electron chi connectivity index (χ4n) is 2.62. The number of carbonyl (C=O) groups is 2. The highest BCUT2D eigenvalue weighted by Crippen LogP contribution is 2.18. The van der Waals surface area contributed by atoms with Gasteiger partial charge in [0, 0.05) is 18.0 Å². The van der Waals surface area contributed by atoms with Crippen molar-refractivity contribution in [1.82, 2.24) is 20.4 Å². The van der Waals surface area contributed by atoms with E-state index in [9.17, 15) is 14.4 Å². The Morgan fingerprint density at radius 3 is 2.56 bits per heavy atom. The Morgan fingerprint density at radius 1 is 1.24 bits per heavy atom. The number of carbonyl (C=O) groups excluding carboxylic acids is 2. The third kappa shape index (κ3) is 4.04. The van der Waals surface area contributed by atoms with Gasteiger partial charge in [-0.25, -0.2) is 4.68 Å². The van der Waals surface area contributed by atoms with Crippen LogP contribution in [0, 0.1) is 5.92 Å². The zero-order valence-electron chi connectivity index (χ0n) is 14.4. The number of benzene rings is 1. The van der Waals surface area contributed by atoms with Crippen LogP contribution in [0.15, 0.2) is 29.1 Å². The van der Waals surface area contributed by atoms with Crippen molar-refractivity contribution >= 4 is 22.6 Å². The summed E-state index contributed by atoms with van der Waals surface area (Å²) < 4.78 is 1.33. The highest BCUT2D eigenvalue weighted by atomic mass is 16.2. The summed E-state index contributed by atoms with van der Waals surface area (Å²) >= 11 is 0. The second kappa shape index (κ2) is 7.04. The maximum Gasteiger partial charge on any atom is 0.274 e. The molecule has 1 aromatic heterocycles. The molecule has 1 fully saturated rings. The number of nitrogens with one attached hydrogen (secondary N) is 2. The normalized spacial score (nSPS) is 13.9. The first-order chi connectivity index (χ1) is 12.0. The molecule has 1 aliphatic carbocycles. The van der Waals surface area contributed by atoms with Crippen molar-refractivity contribution in [2.24, 2.45) is 5.92 Å². The summed E-state index contributed by atoms with van der Waals surface area (Å²) in [6.07, 6.45) is 1.98. The predicted molar refractivity (Wildman–Crippen MR) is 94.3 cm³/mol. The van der Waals surface area contributed by atoms with Crippen molar-refractivity contribution in [3.63, 3.8) is 0 Å². The molecule has 0 bridgehead atoms. The number of fused-ring (bicyclic) bond motifs is 1. The van der Waals surface area contributed by atoms with Crippen LogP contribution in [-0.2, 0) is 11.3 Å². The molecule has 2 aromatic rings. The molecule has 0 spiro atoms. The second-order valence-electron chi connectivity index (χ2n) is 6.80. The lowest BCUT2D eigenvalue weighted by atomic mass is 10.1. The molecule has 0 radical (unpaired) electrons. The first kappa shape index (κ1) is 17.1. The van der Waals surface area contributed by atoms with E-state index in [0.29, 0.717) is 17.3 Å². The molecule has 7 nitrogen and oxygen atoms in total. The molecule has 25 heavy (non-hydrogen) atoms. The van der Waals surface area contributed by atoms with Crippen molar-refractivity contribution < 1.29 is 9.59 Å². The molecule has 2 amide bonds. The van der Waals surface area contributed by atoms with Crippen LogP contribution in [-0.4, -0.2) is 34.2 Å². The summed E-state index contributed by atoms with van der Waals surface area (Å²) in [6.45, 7) is 4.28. The molecular formula is C18H22N4O3. The Balaban J connectivity index is 1.87. The van der Waals surface area contributed by atoms with Crippen LogP contribution in [0.3, 0.4) is 0 Å². The van der Waals surface area contributed by atoms with Gasteiger partial charge >= 0.3 is 0 Å². The average Bonchev–Trinajstić information content (AvgIpc) is 3.39. The maximum absolute atomic E-state index is 12.5. The Morgan fingerprint density at radius 2 is 1.92 bits per heavy atom. The molecule has 0 atom stereocenters. The van der Waals surface area contributed by atoms with Gasteiger partial charge in [0.05, 0.1) is 11.9 Å². The molecule has 7 heteroatoms. The van der Waals surface area contributed by atoms with Gasteiger partial charge in [0.25, 0.3) is 11.5 Å². The SMILES string of the molecule is CC(C)Cn1nc(C(=O)NCC(=O)NC2CC2)c2ccccc2c1=O. The van der Waals surface area contributed by atoms with Gasteiger partial charge in [0.15, 0.2) is 5.69 Å². The molecular weight excluding hydrogens is 320 g/mol. The Hall–Kier alpha value is -2.70. The highest BCUT2D eigenvalue weighted by Gasteiger charge is 2.24. The van der Waals surface area contributed by atoms with Crippen LogP contribution in [0.25, 0.3) is 10.8 Å². The zero-order valence-corrected chi connectivity index (χ0v) is 14.4. The van der Waals surface area contributed by atoms with Crippen LogP contribution >= 0.6 is 0 Å². The number of nitrogens with zero attached hydrogens (tertiary/aromatic N) is 2. The first-order valence-corrected chi connectivity index (χ1v) is 8.53. The van der Waals surface area contributed by atoms with Gasteiger partial charge in [0.1, 0.15) is 0 Å². The Bertz CT molecular complexity index is 868. The molecule has 2 N–H and O–H groups in total. The van der Waals surface area contributed by atoms with Gasteiger partial charge in [-0.3, -0.25) is 14.4 Å². The molecule has 132 valence electrons. The predicted octanol–water partition coefficient (Wildman–Crippen LogP) is 1.06. The van der Waals surface area contributed by atoms with E-state index in [4.69, 9.17) is 0 Å². The molecule has 1 saturated carbocycles. The summed E-state index contributed by atoms with van der Waals surface area (Å²) in [6, 6.07) is 7.15. The highest BCUT2D eigenvalue weighted by molar-refractivity contribution is 6.05. The maximum atomic E-state index is 12.5. The van der Waals surface area contributed by atoms with E-state index in [-0.39, 0.29) is 35.7 Å². The smallest absolute Gasteiger partial charge is 0.274 e. The minimum Gasteiger partial charge on any atom is -0.352 e. The lowest BCUT2D eigenvalue weighted by Crippen LogP contribution is -2.39. The van der Waals surface area contributed by atoms with E-state index in [1.807, 2.05) is 13.8 Å². The van der Waals surface area contributed by atoms with Gasteiger partial charge in [-0.2, -0.15) is 5.10 Å². The third-order valence-corrected chi connectivity index (χ3v) is 3.97. The lowest BCUT2D eigenvalue weighted by Gasteiger charge is -2.12. The van der Waals surface area contributed by atoms with Gasteiger partial charge in [-0.05, 0) is 24.8 Å². The van der Waals surface area contributed by atoms with Crippen molar-refractivity contribution in [2.45, 2.75) is 39.3 Å². The number of aromatic nitrogens is 2. The Labute approximate surface area is 145 Å². The first-order valence-electron chi connectivity index (χ1n) is 8.53. The van der Waals surface area contributed by atoms with Crippen LogP contribution in [0.4, 0.5) is 0 Å². The monoisotopic (exact) mass is 342 g/mol. The largest absolute Gasteiger partial charge is 0.352 e. The molecule has 1 aromatic carbocycles. The van der Waals surface area contributed by atoms with Crippen molar-refractivity contribution in [1.29, 1.82) is 0 Å². The standard InChI is InChI=1S/C18H22N4O3/c1-11(2)10-22-18(25)14-6-4-3-5-13(14)16(21-22)17(24)19-9-15(23)20-12-7-8-12/h3-6,11-12H,7-10H2,1-2H3,(H,19,24)(H,20,23). The van der Waals surface area contributed by atoms with E-state index in [1.54, 1.807) is 24.3 Å². The Kier molecular flexibility index (Phi) is 4.83. The van der Waals surface area contributed by atoms with Crippen LogP contribution in [0.2, 0.25) is 0 Å². The minimum atomic E-state index is -0.459.